The van der Waals surface area contributed by atoms with E-state index in [1.165, 1.54) is 17.0 Å². The average Bonchev–Trinajstić information content (AvgIpc) is 3.30. The molecule has 1 heterocycles. The molecule has 1 aromatic carbocycles. The monoisotopic (exact) mass is 560 g/mol. The van der Waals surface area contributed by atoms with E-state index in [0.29, 0.717) is 30.8 Å². The van der Waals surface area contributed by atoms with Crippen LogP contribution < -0.4 is 5.32 Å². The van der Waals surface area contributed by atoms with E-state index in [-0.39, 0.29) is 62.5 Å². The lowest BCUT2D eigenvalue weighted by molar-refractivity contribution is -0.140. The number of nitrogens with one attached hydrogen (secondary N) is 1. The van der Waals surface area contributed by atoms with Gasteiger partial charge in [0.2, 0.25) is 17.7 Å². The molecule has 2 N–H and O–H groups in total. The number of rotatable bonds is 7. The number of amides is 3. The number of aromatic hydroxyl groups is 1. The number of carbonyl (C=O) groups excluding carboxylic acids is 3. The van der Waals surface area contributed by atoms with Gasteiger partial charge in [0.1, 0.15) is 5.75 Å². The second-order valence-corrected chi connectivity index (χ2v) is 10.9. The summed E-state index contributed by atoms with van der Waals surface area (Å²) < 4.78 is 0. The van der Waals surface area contributed by atoms with E-state index in [9.17, 15) is 19.5 Å². The Kier molecular flexibility index (Phi) is 6.47. The van der Waals surface area contributed by atoms with Crippen LogP contribution in [-0.4, -0.2) is 43.9 Å². The number of alkyl halides is 2. The van der Waals surface area contributed by atoms with Gasteiger partial charge in [-0.3, -0.25) is 19.3 Å². The highest BCUT2D eigenvalue weighted by Gasteiger charge is 2.66. The van der Waals surface area contributed by atoms with E-state index in [0.717, 1.165) is 12.8 Å². The lowest BCUT2D eigenvalue weighted by Crippen LogP contribution is -2.37. The molecular formula is C21H23Br2ClN2O4. The summed E-state index contributed by atoms with van der Waals surface area (Å²) in [6.07, 6.45) is 3.27. The van der Waals surface area contributed by atoms with Gasteiger partial charge >= 0.3 is 0 Å². The molecule has 1 saturated heterocycles. The van der Waals surface area contributed by atoms with E-state index in [1.807, 2.05) is 0 Å². The summed E-state index contributed by atoms with van der Waals surface area (Å²) in [5.41, 5.74) is 0.289. The SMILES string of the molecule is O=C(CCCCCN1C(=O)[C@@H]2[C@H]3C[C@H]([C@H](Br)[C@@H]3Br)[C@@H]2C1=O)Nc1cc(Cl)ccc1O. The zero-order valence-electron chi connectivity index (χ0n) is 16.2. The fourth-order valence-electron chi connectivity index (χ4n) is 5.18. The fourth-order valence-corrected chi connectivity index (χ4v) is 7.23. The number of unbranched alkanes of at least 4 members (excludes halogenated alkanes) is 2. The smallest absolute Gasteiger partial charge is 0.233 e. The first-order valence-electron chi connectivity index (χ1n) is 10.2. The minimum Gasteiger partial charge on any atom is -0.506 e. The van der Waals surface area contributed by atoms with E-state index in [1.54, 1.807) is 6.07 Å². The number of benzene rings is 1. The molecule has 162 valence electrons. The van der Waals surface area contributed by atoms with Crippen molar-refractivity contribution in [2.75, 3.05) is 11.9 Å². The number of hydrogen-bond donors (Lipinski definition) is 2. The van der Waals surface area contributed by atoms with Crippen LogP contribution in [0.3, 0.4) is 0 Å². The lowest BCUT2D eigenvalue weighted by Gasteiger charge is -2.28. The lowest BCUT2D eigenvalue weighted by atomic mass is 9.81. The molecule has 2 saturated carbocycles. The number of likely N-dealkylation sites (tertiary alicyclic amines) is 1. The van der Waals surface area contributed by atoms with Crippen LogP contribution in [0.15, 0.2) is 18.2 Å². The van der Waals surface area contributed by atoms with Crippen molar-refractivity contribution in [1.82, 2.24) is 4.90 Å². The summed E-state index contributed by atoms with van der Waals surface area (Å²) in [7, 11) is 0. The summed E-state index contributed by atoms with van der Waals surface area (Å²) in [4.78, 5) is 39.7. The Balaban J connectivity index is 1.22. The van der Waals surface area contributed by atoms with Crippen LogP contribution in [0.25, 0.3) is 0 Å². The summed E-state index contributed by atoms with van der Waals surface area (Å²) in [6.45, 7) is 0.417. The van der Waals surface area contributed by atoms with Crippen molar-refractivity contribution in [2.24, 2.45) is 23.7 Å². The van der Waals surface area contributed by atoms with Crippen LogP contribution in [0.2, 0.25) is 5.02 Å². The zero-order chi connectivity index (χ0) is 21.6. The molecule has 1 aromatic rings. The number of nitrogens with zero attached hydrogens (tertiary/aromatic N) is 1. The molecule has 2 bridgehead atoms. The third kappa shape index (κ3) is 3.91. The third-order valence-electron chi connectivity index (χ3n) is 6.60. The minimum absolute atomic E-state index is 0.0180. The molecule has 6 atom stereocenters. The Hall–Kier alpha value is -1.12. The van der Waals surface area contributed by atoms with Crippen molar-refractivity contribution >= 4 is 66.9 Å². The molecule has 6 nitrogen and oxygen atoms in total. The first-order chi connectivity index (χ1) is 14.3. The van der Waals surface area contributed by atoms with Crippen LogP contribution in [0.1, 0.15) is 32.1 Å². The number of carbonyl (C=O) groups is 3. The Morgan fingerprint density at radius 1 is 1.10 bits per heavy atom. The number of imide groups is 1. The highest BCUT2D eigenvalue weighted by molar-refractivity contribution is 9.12. The number of phenolic OH excluding ortho intramolecular Hbond substituents is 1. The maximum Gasteiger partial charge on any atom is 0.233 e. The molecule has 3 aliphatic rings. The molecule has 4 rings (SSSR count). The van der Waals surface area contributed by atoms with E-state index in [4.69, 9.17) is 11.6 Å². The second-order valence-electron chi connectivity index (χ2n) is 8.35. The van der Waals surface area contributed by atoms with Gasteiger partial charge in [0.05, 0.1) is 17.5 Å². The van der Waals surface area contributed by atoms with Gasteiger partial charge in [-0.15, -0.1) is 0 Å². The summed E-state index contributed by atoms with van der Waals surface area (Å²) in [5, 5.41) is 12.8. The first-order valence-corrected chi connectivity index (χ1v) is 12.4. The molecule has 3 fully saturated rings. The molecule has 9 heteroatoms. The molecular weight excluding hydrogens is 540 g/mol. The van der Waals surface area contributed by atoms with Gasteiger partial charge in [0.15, 0.2) is 0 Å². The van der Waals surface area contributed by atoms with Gasteiger partial charge in [-0.2, -0.15) is 0 Å². The van der Waals surface area contributed by atoms with E-state index in [2.05, 4.69) is 37.2 Å². The molecule has 30 heavy (non-hydrogen) atoms. The zero-order valence-corrected chi connectivity index (χ0v) is 20.1. The number of halogens is 3. The van der Waals surface area contributed by atoms with Crippen molar-refractivity contribution in [2.45, 2.75) is 41.8 Å². The summed E-state index contributed by atoms with van der Waals surface area (Å²) in [6, 6.07) is 4.47. The molecule has 0 radical (unpaired) electrons. The topological polar surface area (TPSA) is 86.7 Å². The van der Waals surface area contributed by atoms with Crippen LogP contribution in [0, 0.1) is 23.7 Å². The van der Waals surface area contributed by atoms with Gasteiger partial charge in [-0.05, 0) is 49.3 Å². The van der Waals surface area contributed by atoms with Crippen LogP contribution in [0.4, 0.5) is 5.69 Å². The number of fused-ring (bicyclic) bond motifs is 5. The predicted octanol–water partition coefficient (Wildman–Crippen LogP) is 4.32. The van der Waals surface area contributed by atoms with Crippen molar-refractivity contribution in [3.63, 3.8) is 0 Å². The molecule has 0 unspecified atom stereocenters. The summed E-state index contributed by atoms with van der Waals surface area (Å²) in [5.74, 6) is -0.150. The van der Waals surface area contributed by atoms with Crippen molar-refractivity contribution in [1.29, 1.82) is 0 Å². The maximum atomic E-state index is 12.8. The van der Waals surface area contributed by atoms with Crippen molar-refractivity contribution < 1.29 is 19.5 Å². The normalized spacial score (nSPS) is 32.0. The Morgan fingerprint density at radius 2 is 1.73 bits per heavy atom. The predicted molar refractivity (Wildman–Crippen MR) is 121 cm³/mol. The molecule has 0 aromatic heterocycles. The van der Waals surface area contributed by atoms with Gasteiger partial charge in [0, 0.05) is 27.6 Å². The molecule has 0 spiro atoms. The maximum absolute atomic E-state index is 12.8. The third-order valence-corrected chi connectivity index (χ3v) is 10.0. The highest BCUT2D eigenvalue weighted by atomic mass is 79.9. The number of anilines is 1. The Bertz CT molecular complexity index is 851. The average molecular weight is 563 g/mol. The second kappa shape index (κ2) is 8.79. The van der Waals surface area contributed by atoms with Crippen molar-refractivity contribution in [3.05, 3.63) is 23.2 Å². The first kappa shape index (κ1) is 22.1. The molecule has 2 aliphatic carbocycles. The van der Waals surface area contributed by atoms with Crippen LogP contribution >= 0.6 is 43.5 Å². The van der Waals surface area contributed by atoms with Gasteiger partial charge < -0.3 is 10.4 Å². The standard InChI is InChI=1S/C21H23Br2ClN2O4/c22-18-11-9-12(19(18)23)17-16(11)20(29)26(21(17)30)7-3-1-2-4-15(28)25-13-8-10(24)5-6-14(13)27/h5-6,8,11-12,16-19,27H,1-4,7,9H2,(H,25,28)/t11-,12+,16-,17+,18-,19+. The molecule has 3 amide bonds. The Morgan fingerprint density at radius 3 is 2.37 bits per heavy atom. The van der Waals surface area contributed by atoms with Crippen LogP contribution in [-0.2, 0) is 14.4 Å². The Labute approximate surface area is 197 Å². The fraction of sp³-hybridized carbons (Fsp3) is 0.571. The number of hydrogen-bond acceptors (Lipinski definition) is 4. The largest absolute Gasteiger partial charge is 0.506 e. The minimum atomic E-state index is -0.210. The van der Waals surface area contributed by atoms with Gasteiger partial charge in [-0.25, -0.2) is 0 Å². The summed E-state index contributed by atoms with van der Waals surface area (Å²) >= 11 is 13.3. The van der Waals surface area contributed by atoms with Crippen LogP contribution in [0.5, 0.6) is 5.75 Å². The van der Waals surface area contributed by atoms with Gasteiger partial charge in [0.25, 0.3) is 0 Å². The van der Waals surface area contributed by atoms with E-state index >= 15 is 0 Å². The molecule has 1 aliphatic heterocycles. The van der Waals surface area contributed by atoms with Crippen molar-refractivity contribution in [3.8, 4) is 5.75 Å². The quantitative estimate of drug-likeness (QED) is 0.224. The number of phenols is 1. The highest BCUT2D eigenvalue weighted by Crippen LogP contribution is 2.60. The van der Waals surface area contributed by atoms with Gasteiger partial charge in [-0.1, -0.05) is 49.9 Å². The van der Waals surface area contributed by atoms with E-state index < -0.39 is 0 Å².